The number of hydrogen-bond donors (Lipinski definition) is 1. The Labute approximate surface area is 67.9 Å². The lowest BCUT2D eigenvalue weighted by atomic mass is 9.98. The third-order valence-corrected chi connectivity index (χ3v) is 2.14. The van der Waals surface area contributed by atoms with Crippen LogP contribution < -0.4 is 5.73 Å². The Balaban J connectivity index is 2.59. The van der Waals surface area contributed by atoms with Crippen LogP contribution in [0.15, 0.2) is 0 Å². The van der Waals surface area contributed by atoms with Gasteiger partial charge in [-0.1, -0.05) is 12.8 Å². The summed E-state index contributed by atoms with van der Waals surface area (Å²) in [6, 6.07) is 0. The molecule has 0 heterocycles. The van der Waals surface area contributed by atoms with Crippen molar-refractivity contribution in [3.63, 3.8) is 0 Å². The molecule has 1 saturated carbocycles. The molecule has 0 spiro atoms. The predicted molar refractivity (Wildman–Crippen MR) is 36.3 cm³/mol. The lowest BCUT2D eigenvalue weighted by Gasteiger charge is -2.26. The van der Waals surface area contributed by atoms with Crippen LogP contribution in [0, 0.1) is 5.92 Å². The van der Waals surface area contributed by atoms with Crippen LogP contribution in [-0.4, -0.2) is 18.4 Å². The molecule has 0 aliphatic heterocycles. The van der Waals surface area contributed by atoms with E-state index in [2.05, 4.69) is 0 Å². The first-order valence-corrected chi connectivity index (χ1v) is 3.85. The first-order valence-electron chi connectivity index (χ1n) is 3.85. The Kier molecular flexibility index (Phi) is 2.33. The highest BCUT2D eigenvalue weighted by Crippen LogP contribution is 2.44. The van der Waals surface area contributed by atoms with Gasteiger partial charge in [-0.05, 0) is 12.3 Å². The third-order valence-electron chi connectivity index (χ3n) is 2.14. The van der Waals surface area contributed by atoms with Gasteiger partial charge in [-0.2, -0.15) is 13.2 Å². The second-order valence-electron chi connectivity index (χ2n) is 3.31. The van der Waals surface area contributed by atoms with Crippen molar-refractivity contribution in [2.75, 3.05) is 6.54 Å². The molecule has 0 amide bonds. The minimum atomic E-state index is -4.82. The Morgan fingerprint density at radius 1 is 1.17 bits per heavy atom. The maximum Gasteiger partial charge on any atom is 0.423 e. The van der Waals surface area contributed by atoms with E-state index in [0.717, 1.165) is 0 Å². The maximum atomic E-state index is 13.1. The van der Waals surface area contributed by atoms with E-state index in [-0.39, 0.29) is 5.92 Å². The van der Waals surface area contributed by atoms with Crippen molar-refractivity contribution in [3.8, 4) is 0 Å². The van der Waals surface area contributed by atoms with Gasteiger partial charge in [-0.15, -0.1) is 0 Å². The number of halogens is 4. The topological polar surface area (TPSA) is 26.0 Å². The van der Waals surface area contributed by atoms with E-state index < -0.39 is 24.8 Å². The number of alkyl halides is 4. The van der Waals surface area contributed by atoms with Crippen LogP contribution in [-0.2, 0) is 0 Å². The fraction of sp³-hybridized carbons (Fsp3) is 1.00. The maximum absolute atomic E-state index is 13.1. The standard InChI is InChI=1S/C7H11F4N/c8-6(4-12,7(9,10)11)3-5-1-2-5/h5H,1-4,12H2. The molecule has 2 N–H and O–H groups in total. The second kappa shape index (κ2) is 2.87. The van der Waals surface area contributed by atoms with E-state index in [1.54, 1.807) is 0 Å². The Hall–Kier alpha value is -0.320. The van der Waals surface area contributed by atoms with Crippen LogP contribution in [0.25, 0.3) is 0 Å². The van der Waals surface area contributed by atoms with Gasteiger partial charge in [0.1, 0.15) is 0 Å². The highest BCUT2D eigenvalue weighted by molar-refractivity contribution is 4.93. The van der Waals surface area contributed by atoms with E-state index in [0.29, 0.717) is 12.8 Å². The number of hydrogen-bond acceptors (Lipinski definition) is 1. The largest absolute Gasteiger partial charge is 0.423 e. The zero-order valence-electron chi connectivity index (χ0n) is 6.49. The van der Waals surface area contributed by atoms with Gasteiger partial charge in [-0.25, -0.2) is 4.39 Å². The molecule has 12 heavy (non-hydrogen) atoms. The van der Waals surface area contributed by atoms with E-state index in [9.17, 15) is 17.6 Å². The molecule has 72 valence electrons. The molecule has 1 nitrogen and oxygen atoms in total. The molecule has 1 aliphatic carbocycles. The van der Waals surface area contributed by atoms with Gasteiger partial charge in [-0.3, -0.25) is 0 Å². The van der Waals surface area contributed by atoms with E-state index in [1.807, 2.05) is 0 Å². The summed E-state index contributed by atoms with van der Waals surface area (Å²) >= 11 is 0. The molecule has 0 radical (unpaired) electrons. The Morgan fingerprint density at radius 2 is 1.67 bits per heavy atom. The van der Waals surface area contributed by atoms with Crippen molar-refractivity contribution in [1.82, 2.24) is 0 Å². The minimum absolute atomic E-state index is 0.111. The van der Waals surface area contributed by atoms with E-state index in [1.165, 1.54) is 0 Å². The van der Waals surface area contributed by atoms with Gasteiger partial charge in [0, 0.05) is 6.54 Å². The van der Waals surface area contributed by atoms with Crippen LogP contribution in [0.1, 0.15) is 19.3 Å². The summed E-state index contributed by atoms with van der Waals surface area (Å²) in [6.45, 7) is -0.965. The summed E-state index contributed by atoms with van der Waals surface area (Å²) in [5, 5.41) is 0. The van der Waals surface area contributed by atoms with Gasteiger partial charge < -0.3 is 5.73 Å². The third kappa shape index (κ3) is 1.88. The molecule has 0 aromatic heterocycles. The van der Waals surface area contributed by atoms with E-state index >= 15 is 0 Å². The number of rotatable bonds is 3. The first kappa shape index (κ1) is 9.77. The zero-order valence-corrected chi connectivity index (χ0v) is 6.49. The highest BCUT2D eigenvalue weighted by Gasteiger charge is 2.56. The summed E-state index contributed by atoms with van der Waals surface area (Å²) in [4.78, 5) is 0. The summed E-state index contributed by atoms with van der Waals surface area (Å²) in [7, 11) is 0. The fourth-order valence-electron chi connectivity index (χ4n) is 1.09. The van der Waals surface area contributed by atoms with Crippen LogP contribution in [0.3, 0.4) is 0 Å². The molecule has 0 aromatic rings. The van der Waals surface area contributed by atoms with E-state index in [4.69, 9.17) is 5.73 Å². The second-order valence-corrected chi connectivity index (χ2v) is 3.31. The SMILES string of the molecule is NCC(F)(CC1CC1)C(F)(F)F. The highest BCUT2D eigenvalue weighted by atomic mass is 19.4. The molecule has 0 saturated heterocycles. The molecule has 5 heteroatoms. The molecule has 0 aromatic carbocycles. The van der Waals surface area contributed by atoms with Gasteiger partial charge in [0.25, 0.3) is 0 Å². The Morgan fingerprint density at radius 3 is 1.92 bits per heavy atom. The van der Waals surface area contributed by atoms with Crippen LogP contribution in [0.5, 0.6) is 0 Å². The lowest BCUT2D eigenvalue weighted by Crippen LogP contribution is -2.47. The predicted octanol–water partition coefficient (Wildman–Crippen LogP) is 2.02. The summed E-state index contributed by atoms with van der Waals surface area (Å²) in [6.07, 6.45) is -3.89. The van der Waals surface area contributed by atoms with Gasteiger partial charge in [0.2, 0.25) is 5.67 Å². The van der Waals surface area contributed by atoms with Gasteiger partial charge in [0.05, 0.1) is 0 Å². The zero-order chi connectivity index (χ0) is 9.41. The minimum Gasteiger partial charge on any atom is -0.327 e. The van der Waals surface area contributed by atoms with Gasteiger partial charge >= 0.3 is 6.18 Å². The van der Waals surface area contributed by atoms with Crippen molar-refractivity contribution in [2.24, 2.45) is 11.7 Å². The van der Waals surface area contributed by atoms with Crippen LogP contribution in [0.4, 0.5) is 17.6 Å². The average molecular weight is 185 g/mol. The van der Waals surface area contributed by atoms with Gasteiger partial charge in [0.15, 0.2) is 0 Å². The molecule has 1 aliphatic rings. The molecule has 1 fully saturated rings. The summed E-state index contributed by atoms with van der Waals surface area (Å²) < 4.78 is 49.2. The summed E-state index contributed by atoms with van der Waals surface area (Å²) in [5.74, 6) is -0.111. The molecular formula is C7H11F4N. The molecule has 1 rings (SSSR count). The quantitative estimate of drug-likeness (QED) is 0.669. The van der Waals surface area contributed by atoms with Crippen LogP contribution in [0.2, 0.25) is 0 Å². The summed E-state index contributed by atoms with van der Waals surface area (Å²) in [5.41, 5.74) is 1.62. The fourth-order valence-corrected chi connectivity index (χ4v) is 1.09. The monoisotopic (exact) mass is 185 g/mol. The number of nitrogens with two attached hydrogens (primary N) is 1. The molecule has 1 unspecified atom stereocenters. The average Bonchev–Trinajstić information content (AvgIpc) is 2.69. The molecular weight excluding hydrogens is 174 g/mol. The first-order chi connectivity index (χ1) is 5.39. The van der Waals surface area contributed by atoms with Crippen molar-refractivity contribution < 1.29 is 17.6 Å². The molecule has 0 bridgehead atoms. The van der Waals surface area contributed by atoms with Crippen LogP contribution >= 0.6 is 0 Å². The molecule has 1 atom stereocenters. The lowest BCUT2D eigenvalue weighted by molar-refractivity contribution is -0.230. The normalized spacial score (nSPS) is 23.8. The van der Waals surface area contributed by atoms with Crippen molar-refractivity contribution in [1.29, 1.82) is 0 Å². The van der Waals surface area contributed by atoms with Crippen molar-refractivity contribution in [2.45, 2.75) is 31.1 Å². The Bertz CT molecular complexity index is 163. The smallest absolute Gasteiger partial charge is 0.327 e. The van der Waals surface area contributed by atoms with Crippen molar-refractivity contribution >= 4 is 0 Å². The van der Waals surface area contributed by atoms with Crippen molar-refractivity contribution in [3.05, 3.63) is 0 Å².